The van der Waals surface area contributed by atoms with Crippen molar-refractivity contribution in [3.63, 3.8) is 0 Å². The molecule has 2 aromatic carbocycles. The number of carbonyl (C=O) groups is 1. The fourth-order valence-electron chi connectivity index (χ4n) is 1.84. The number of hydrogen-bond acceptors (Lipinski definition) is 2. The number of carbonyl (C=O) groups excluding carboxylic acids is 1. The molecule has 1 N–H and O–H groups in total. The Bertz CT molecular complexity index is 629. The highest BCUT2D eigenvalue weighted by Crippen LogP contribution is 2.17. The van der Waals surface area contributed by atoms with Crippen LogP contribution >= 0.6 is 15.9 Å². The molecule has 2 rings (SSSR count). The van der Waals surface area contributed by atoms with Gasteiger partial charge in [0.05, 0.1) is 7.11 Å². The van der Waals surface area contributed by atoms with Crippen molar-refractivity contribution in [2.75, 3.05) is 7.11 Å². The molecule has 0 atom stereocenters. The van der Waals surface area contributed by atoms with Gasteiger partial charge in [0, 0.05) is 17.4 Å². The Hall–Kier alpha value is -1.88. The number of ether oxygens (including phenoxy) is 1. The van der Waals surface area contributed by atoms with Crippen molar-refractivity contribution in [2.24, 2.45) is 0 Å². The predicted octanol–water partition coefficient (Wildman–Crippen LogP) is 3.66. The van der Waals surface area contributed by atoms with Crippen molar-refractivity contribution >= 4 is 21.8 Å². The second-order valence-electron chi connectivity index (χ2n) is 4.48. The summed E-state index contributed by atoms with van der Waals surface area (Å²) >= 11 is 3.38. The molecule has 0 aromatic heterocycles. The van der Waals surface area contributed by atoms with E-state index >= 15 is 0 Å². The maximum atomic E-state index is 13.5. The second kappa shape index (κ2) is 7.22. The lowest BCUT2D eigenvalue weighted by Gasteiger charge is -2.07. The van der Waals surface area contributed by atoms with Gasteiger partial charge in [-0.1, -0.05) is 40.2 Å². The number of rotatable bonds is 5. The Balaban J connectivity index is 1.99. The van der Waals surface area contributed by atoms with E-state index in [0.29, 0.717) is 6.54 Å². The van der Waals surface area contributed by atoms with E-state index in [2.05, 4.69) is 21.2 Å². The third kappa shape index (κ3) is 4.04. The van der Waals surface area contributed by atoms with Crippen LogP contribution in [0.4, 0.5) is 4.39 Å². The van der Waals surface area contributed by atoms with Gasteiger partial charge in [0.25, 0.3) is 5.91 Å². The first-order valence-corrected chi connectivity index (χ1v) is 7.51. The second-order valence-corrected chi connectivity index (χ2v) is 5.04. The smallest absolute Gasteiger partial charge is 0.251 e. The van der Waals surface area contributed by atoms with E-state index in [0.717, 1.165) is 10.9 Å². The number of halogens is 2. The molecule has 2 aromatic rings. The maximum Gasteiger partial charge on any atom is 0.251 e. The summed E-state index contributed by atoms with van der Waals surface area (Å²) in [6.07, 6.45) is 0. The molecule has 0 bridgehead atoms. The van der Waals surface area contributed by atoms with E-state index in [1.54, 1.807) is 0 Å². The number of methoxy groups -OCH3 is 1. The minimum Gasteiger partial charge on any atom is -0.494 e. The van der Waals surface area contributed by atoms with Crippen LogP contribution in [0.25, 0.3) is 0 Å². The molecule has 0 aliphatic rings. The zero-order valence-electron chi connectivity index (χ0n) is 11.5. The number of alkyl halides is 1. The van der Waals surface area contributed by atoms with Crippen LogP contribution in [0.3, 0.4) is 0 Å². The van der Waals surface area contributed by atoms with Gasteiger partial charge in [-0.15, -0.1) is 0 Å². The van der Waals surface area contributed by atoms with Gasteiger partial charge >= 0.3 is 0 Å². The molecular formula is C16H15BrFNO2. The van der Waals surface area contributed by atoms with Crippen molar-refractivity contribution in [1.29, 1.82) is 0 Å². The molecule has 110 valence electrons. The molecule has 21 heavy (non-hydrogen) atoms. The van der Waals surface area contributed by atoms with E-state index in [1.807, 2.05) is 24.3 Å². The SMILES string of the molecule is COc1ccc(C(=O)NCc2ccc(CBr)cc2)cc1F. The van der Waals surface area contributed by atoms with Crippen LogP contribution in [-0.2, 0) is 11.9 Å². The van der Waals surface area contributed by atoms with Gasteiger partial charge in [-0.2, -0.15) is 0 Å². The molecule has 0 heterocycles. The molecule has 1 amide bonds. The van der Waals surface area contributed by atoms with E-state index in [1.165, 1.54) is 30.9 Å². The zero-order valence-corrected chi connectivity index (χ0v) is 13.1. The average molecular weight is 352 g/mol. The summed E-state index contributed by atoms with van der Waals surface area (Å²) in [5.41, 5.74) is 2.43. The van der Waals surface area contributed by atoms with Crippen LogP contribution in [0.1, 0.15) is 21.5 Å². The topological polar surface area (TPSA) is 38.3 Å². The fourth-order valence-corrected chi connectivity index (χ4v) is 2.21. The summed E-state index contributed by atoms with van der Waals surface area (Å²) in [7, 11) is 1.38. The largest absolute Gasteiger partial charge is 0.494 e. The molecular weight excluding hydrogens is 337 g/mol. The van der Waals surface area contributed by atoms with Crippen LogP contribution in [0, 0.1) is 5.82 Å². The lowest BCUT2D eigenvalue weighted by atomic mass is 10.1. The van der Waals surface area contributed by atoms with Crippen LogP contribution in [0.15, 0.2) is 42.5 Å². The van der Waals surface area contributed by atoms with Gasteiger partial charge in [0.1, 0.15) is 0 Å². The van der Waals surface area contributed by atoms with E-state index in [-0.39, 0.29) is 17.2 Å². The molecule has 0 fully saturated rings. The van der Waals surface area contributed by atoms with Gasteiger partial charge in [-0.3, -0.25) is 4.79 Å². The van der Waals surface area contributed by atoms with E-state index < -0.39 is 5.82 Å². The first-order valence-electron chi connectivity index (χ1n) is 6.39. The maximum absolute atomic E-state index is 13.5. The first-order chi connectivity index (χ1) is 10.1. The molecule has 0 aliphatic carbocycles. The van der Waals surface area contributed by atoms with Gasteiger partial charge in [-0.25, -0.2) is 4.39 Å². The monoisotopic (exact) mass is 351 g/mol. The van der Waals surface area contributed by atoms with E-state index in [9.17, 15) is 9.18 Å². The summed E-state index contributed by atoms with van der Waals surface area (Å²) in [6.45, 7) is 0.398. The van der Waals surface area contributed by atoms with Gasteiger partial charge in [-0.05, 0) is 29.3 Å². The quantitative estimate of drug-likeness (QED) is 0.834. The van der Waals surface area contributed by atoms with Crippen molar-refractivity contribution < 1.29 is 13.9 Å². The summed E-state index contributed by atoms with van der Waals surface area (Å²) < 4.78 is 18.4. The highest BCUT2D eigenvalue weighted by Gasteiger charge is 2.09. The van der Waals surface area contributed by atoms with Crippen molar-refractivity contribution in [1.82, 2.24) is 5.32 Å². The lowest BCUT2D eigenvalue weighted by molar-refractivity contribution is 0.0950. The summed E-state index contributed by atoms with van der Waals surface area (Å²) in [4.78, 5) is 12.0. The van der Waals surface area contributed by atoms with Crippen LogP contribution < -0.4 is 10.1 Å². The third-order valence-electron chi connectivity index (χ3n) is 3.04. The highest BCUT2D eigenvalue weighted by atomic mass is 79.9. The average Bonchev–Trinajstić information content (AvgIpc) is 2.53. The minimum absolute atomic E-state index is 0.122. The van der Waals surface area contributed by atoms with Crippen molar-refractivity contribution in [3.05, 3.63) is 65.0 Å². The van der Waals surface area contributed by atoms with E-state index in [4.69, 9.17) is 4.74 Å². The Labute approximate surface area is 131 Å². The molecule has 0 saturated heterocycles. The predicted molar refractivity (Wildman–Crippen MR) is 83.2 cm³/mol. The molecule has 5 heteroatoms. The van der Waals surface area contributed by atoms with Gasteiger partial charge in [0.2, 0.25) is 0 Å². The number of hydrogen-bond donors (Lipinski definition) is 1. The molecule has 0 radical (unpaired) electrons. The van der Waals surface area contributed by atoms with Crippen LogP contribution in [0.5, 0.6) is 5.75 Å². The fraction of sp³-hybridized carbons (Fsp3) is 0.188. The highest BCUT2D eigenvalue weighted by molar-refractivity contribution is 9.08. The normalized spacial score (nSPS) is 10.2. The molecule has 0 saturated carbocycles. The molecule has 0 aliphatic heterocycles. The van der Waals surface area contributed by atoms with Crippen molar-refractivity contribution in [3.8, 4) is 5.75 Å². The molecule has 0 spiro atoms. The van der Waals surface area contributed by atoms with Crippen LogP contribution in [0.2, 0.25) is 0 Å². The van der Waals surface area contributed by atoms with Crippen LogP contribution in [-0.4, -0.2) is 13.0 Å². The number of nitrogens with one attached hydrogen (secondary N) is 1. The Morgan fingerprint density at radius 1 is 1.19 bits per heavy atom. The Morgan fingerprint density at radius 3 is 2.43 bits per heavy atom. The Kier molecular flexibility index (Phi) is 5.33. The number of benzene rings is 2. The van der Waals surface area contributed by atoms with Gasteiger partial charge in [0.15, 0.2) is 11.6 Å². The summed E-state index contributed by atoms with van der Waals surface area (Å²) in [5, 5.41) is 3.56. The summed E-state index contributed by atoms with van der Waals surface area (Å²) in [5.74, 6) is -0.746. The third-order valence-corrected chi connectivity index (χ3v) is 3.69. The summed E-state index contributed by atoms with van der Waals surface area (Å²) in [6, 6.07) is 12.0. The zero-order chi connectivity index (χ0) is 15.2. The molecule has 3 nitrogen and oxygen atoms in total. The molecule has 0 unspecified atom stereocenters. The standard InChI is InChI=1S/C16H15BrFNO2/c1-21-15-7-6-13(8-14(15)18)16(20)19-10-12-4-2-11(9-17)3-5-12/h2-8H,9-10H2,1H3,(H,19,20). The minimum atomic E-state index is -0.549. The Morgan fingerprint density at radius 2 is 1.86 bits per heavy atom. The van der Waals surface area contributed by atoms with Crippen molar-refractivity contribution in [2.45, 2.75) is 11.9 Å². The first kappa shape index (κ1) is 15.5. The lowest BCUT2D eigenvalue weighted by Crippen LogP contribution is -2.22. The van der Waals surface area contributed by atoms with Gasteiger partial charge < -0.3 is 10.1 Å². The number of amides is 1.